The van der Waals surface area contributed by atoms with Crippen LogP contribution < -0.4 is 5.32 Å². The second-order valence-electron chi connectivity index (χ2n) is 6.84. The van der Waals surface area contributed by atoms with E-state index in [1.807, 2.05) is 6.92 Å². The molecule has 120 valence electrons. The van der Waals surface area contributed by atoms with Crippen LogP contribution in [0, 0.1) is 11.8 Å². The lowest BCUT2D eigenvalue weighted by Gasteiger charge is -2.34. The summed E-state index contributed by atoms with van der Waals surface area (Å²) in [6.07, 6.45) is 2.33. The molecule has 2 atom stereocenters. The van der Waals surface area contributed by atoms with Crippen molar-refractivity contribution in [1.29, 1.82) is 0 Å². The maximum atomic E-state index is 5.76. The Morgan fingerprint density at radius 1 is 1.43 bits per heavy atom. The van der Waals surface area contributed by atoms with Crippen LogP contribution in [0.3, 0.4) is 0 Å². The van der Waals surface area contributed by atoms with Gasteiger partial charge in [0.1, 0.15) is 6.10 Å². The third-order valence-electron chi connectivity index (χ3n) is 4.52. The molecule has 0 radical (unpaired) electrons. The van der Waals surface area contributed by atoms with Crippen molar-refractivity contribution in [3.8, 4) is 0 Å². The molecule has 5 heteroatoms. The molecule has 0 bridgehead atoms. The molecule has 21 heavy (non-hydrogen) atoms. The molecule has 5 nitrogen and oxygen atoms in total. The van der Waals surface area contributed by atoms with Crippen LogP contribution in [0.4, 0.5) is 0 Å². The predicted octanol–water partition coefficient (Wildman–Crippen LogP) is 3.08. The molecule has 1 saturated heterocycles. The topological polar surface area (TPSA) is 60.2 Å². The quantitative estimate of drug-likeness (QED) is 0.874. The van der Waals surface area contributed by atoms with Gasteiger partial charge < -0.3 is 14.6 Å². The summed E-state index contributed by atoms with van der Waals surface area (Å²) in [6, 6.07) is 0. The maximum absolute atomic E-state index is 5.76. The highest BCUT2D eigenvalue weighted by Crippen LogP contribution is 2.35. The third-order valence-corrected chi connectivity index (χ3v) is 4.52. The van der Waals surface area contributed by atoms with Crippen LogP contribution in [-0.4, -0.2) is 29.8 Å². The third kappa shape index (κ3) is 3.64. The summed E-state index contributed by atoms with van der Waals surface area (Å²) >= 11 is 0. The van der Waals surface area contributed by atoms with E-state index in [0.29, 0.717) is 24.3 Å². The molecule has 2 rings (SSSR count). The fourth-order valence-corrected chi connectivity index (χ4v) is 3.00. The van der Waals surface area contributed by atoms with Gasteiger partial charge in [-0.25, -0.2) is 0 Å². The Hall–Kier alpha value is -0.940. The average Bonchev–Trinajstić information content (AvgIpc) is 2.95. The summed E-state index contributed by atoms with van der Waals surface area (Å²) in [4.78, 5) is 4.67. The van der Waals surface area contributed by atoms with E-state index in [2.05, 4.69) is 43.2 Å². The molecule has 0 saturated carbocycles. The van der Waals surface area contributed by atoms with E-state index in [-0.39, 0.29) is 11.5 Å². The molecular weight excluding hydrogens is 266 g/mol. The Morgan fingerprint density at radius 3 is 2.76 bits per heavy atom. The molecule has 1 fully saturated rings. The van der Waals surface area contributed by atoms with E-state index >= 15 is 0 Å². The first kappa shape index (κ1) is 16.4. The summed E-state index contributed by atoms with van der Waals surface area (Å²) in [5, 5.41) is 7.65. The summed E-state index contributed by atoms with van der Waals surface area (Å²) in [7, 11) is 0. The normalized spacial score (nSPS) is 21.7. The molecule has 0 spiro atoms. The second kappa shape index (κ2) is 6.88. The SMILES string of the molecule is CCOC(c1noc(C(C)(C)C2CCCNC2)n1)C(C)C. The number of hydrogen-bond donors (Lipinski definition) is 1. The second-order valence-corrected chi connectivity index (χ2v) is 6.84. The van der Waals surface area contributed by atoms with Gasteiger partial charge in [0.2, 0.25) is 11.7 Å². The number of ether oxygens (including phenoxy) is 1. The van der Waals surface area contributed by atoms with Crippen LogP contribution in [0.2, 0.25) is 0 Å². The Labute approximate surface area is 127 Å². The van der Waals surface area contributed by atoms with Crippen molar-refractivity contribution in [2.75, 3.05) is 19.7 Å². The predicted molar refractivity (Wildman–Crippen MR) is 82.1 cm³/mol. The molecule has 1 aromatic heterocycles. The average molecular weight is 295 g/mol. The molecule has 1 aliphatic heterocycles. The lowest BCUT2D eigenvalue weighted by molar-refractivity contribution is 0.0217. The van der Waals surface area contributed by atoms with Gasteiger partial charge in [0, 0.05) is 12.0 Å². The largest absolute Gasteiger partial charge is 0.370 e. The molecule has 1 aromatic rings. The van der Waals surface area contributed by atoms with E-state index in [4.69, 9.17) is 9.26 Å². The molecule has 0 amide bonds. The lowest BCUT2D eigenvalue weighted by atomic mass is 9.75. The van der Waals surface area contributed by atoms with Crippen LogP contribution in [0.1, 0.15) is 65.3 Å². The Morgan fingerprint density at radius 2 is 2.19 bits per heavy atom. The van der Waals surface area contributed by atoms with E-state index in [1.165, 1.54) is 12.8 Å². The first-order valence-electron chi connectivity index (χ1n) is 8.13. The standard InChI is InChI=1S/C16H29N3O2/c1-6-20-13(11(2)3)14-18-15(21-19-14)16(4,5)12-8-7-9-17-10-12/h11-13,17H,6-10H2,1-5H3. The van der Waals surface area contributed by atoms with Crippen LogP contribution in [-0.2, 0) is 10.2 Å². The zero-order chi connectivity index (χ0) is 15.5. The van der Waals surface area contributed by atoms with Crippen LogP contribution in [0.25, 0.3) is 0 Å². The molecule has 0 aromatic carbocycles. The number of nitrogens with zero attached hydrogens (tertiary/aromatic N) is 2. The van der Waals surface area contributed by atoms with Gasteiger partial charge in [-0.3, -0.25) is 0 Å². The number of nitrogens with one attached hydrogen (secondary N) is 1. The van der Waals surface area contributed by atoms with Gasteiger partial charge in [-0.05, 0) is 44.7 Å². The van der Waals surface area contributed by atoms with E-state index in [1.54, 1.807) is 0 Å². The first-order chi connectivity index (χ1) is 9.96. The summed E-state index contributed by atoms with van der Waals surface area (Å²) in [5.41, 5.74) is -0.105. The molecule has 0 aliphatic carbocycles. The van der Waals surface area contributed by atoms with Crippen LogP contribution in [0.5, 0.6) is 0 Å². The first-order valence-corrected chi connectivity index (χ1v) is 8.13. The van der Waals surface area contributed by atoms with Gasteiger partial charge in [0.15, 0.2) is 0 Å². The summed E-state index contributed by atoms with van der Waals surface area (Å²) < 4.78 is 11.4. The minimum absolute atomic E-state index is 0.0900. The number of rotatable bonds is 6. The zero-order valence-corrected chi connectivity index (χ0v) is 14.0. The molecular formula is C16H29N3O2. The smallest absolute Gasteiger partial charge is 0.232 e. The van der Waals surface area contributed by atoms with Gasteiger partial charge in [0.25, 0.3) is 0 Å². The van der Waals surface area contributed by atoms with E-state index < -0.39 is 0 Å². The van der Waals surface area contributed by atoms with Crippen molar-refractivity contribution in [3.63, 3.8) is 0 Å². The highest BCUT2D eigenvalue weighted by atomic mass is 16.5. The minimum Gasteiger partial charge on any atom is -0.370 e. The van der Waals surface area contributed by atoms with E-state index in [9.17, 15) is 0 Å². The van der Waals surface area contributed by atoms with Crippen molar-refractivity contribution in [3.05, 3.63) is 11.7 Å². The maximum Gasteiger partial charge on any atom is 0.232 e. The van der Waals surface area contributed by atoms with Crippen LogP contribution in [0.15, 0.2) is 4.52 Å². The van der Waals surface area contributed by atoms with Crippen molar-refractivity contribution < 1.29 is 9.26 Å². The Bertz CT molecular complexity index is 436. The van der Waals surface area contributed by atoms with Gasteiger partial charge in [0.05, 0.1) is 0 Å². The van der Waals surface area contributed by atoms with Crippen molar-refractivity contribution in [1.82, 2.24) is 15.5 Å². The number of aromatic nitrogens is 2. The van der Waals surface area contributed by atoms with Crippen molar-refractivity contribution in [2.45, 2.75) is 59.0 Å². The van der Waals surface area contributed by atoms with Crippen molar-refractivity contribution in [2.24, 2.45) is 11.8 Å². The minimum atomic E-state index is -0.105. The lowest BCUT2D eigenvalue weighted by Crippen LogP contribution is -2.41. The van der Waals surface area contributed by atoms with E-state index in [0.717, 1.165) is 19.0 Å². The fourth-order valence-electron chi connectivity index (χ4n) is 3.00. The molecule has 2 heterocycles. The van der Waals surface area contributed by atoms with Gasteiger partial charge >= 0.3 is 0 Å². The molecule has 1 aliphatic rings. The summed E-state index contributed by atoms with van der Waals surface area (Å²) in [6.45, 7) is 13.4. The fraction of sp³-hybridized carbons (Fsp3) is 0.875. The van der Waals surface area contributed by atoms with Gasteiger partial charge in [-0.2, -0.15) is 4.98 Å². The number of piperidine rings is 1. The monoisotopic (exact) mass is 295 g/mol. The van der Waals surface area contributed by atoms with Crippen LogP contribution >= 0.6 is 0 Å². The zero-order valence-electron chi connectivity index (χ0n) is 14.0. The van der Waals surface area contributed by atoms with Crippen molar-refractivity contribution >= 4 is 0 Å². The highest BCUT2D eigenvalue weighted by Gasteiger charge is 2.38. The van der Waals surface area contributed by atoms with Gasteiger partial charge in [-0.1, -0.05) is 32.9 Å². The number of hydrogen-bond acceptors (Lipinski definition) is 5. The Kier molecular flexibility index (Phi) is 5.38. The molecule has 1 N–H and O–H groups in total. The Balaban J connectivity index is 2.17. The van der Waals surface area contributed by atoms with Gasteiger partial charge in [-0.15, -0.1) is 0 Å². The summed E-state index contributed by atoms with van der Waals surface area (Å²) in [5.74, 6) is 2.27. The highest BCUT2D eigenvalue weighted by molar-refractivity contribution is 5.06. The molecule has 2 unspecified atom stereocenters.